The van der Waals surface area contributed by atoms with E-state index in [0.29, 0.717) is 19.4 Å². The van der Waals surface area contributed by atoms with Gasteiger partial charge in [0.15, 0.2) is 0 Å². The number of nitrogens with one attached hydrogen (secondary N) is 1. The van der Waals surface area contributed by atoms with Crippen LogP contribution in [0, 0.1) is 0 Å². The predicted octanol–water partition coefficient (Wildman–Crippen LogP) is 1.67. The maximum absolute atomic E-state index is 12.2. The number of carbonyl (C=O) groups excluding carboxylic acids is 2. The van der Waals surface area contributed by atoms with Gasteiger partial charge in [0.2, 0.25) is 5.91 Å². The highest BCUT2D eigenvalue weighted by Gasteiger charge is 2.46. The van der Waals surface area contributed by atoms with Gasteiger partial charge in [-0.1, -0.05) is 30.8 Å². The van der Waals surface area contributed by atoms with Crippen molar-refractivity contribution in [3.8, 4) is 0 Å². The van der Waals surface area contributed by atoms with E-state index in [2.05, 4.69) is 18.0 Å². The van der Waals surface area contributed by atoms with Crippen LogP contribution in [0.15, 0.2) is 30.8 Å². The Labute approximate surface area is 112 Å². The monoisotopic (exact) mass is 256 g/mol. The summed E-state index contributed by atoms with van der Waals surface area (Å²) in [6.45, 7) is 6.67. The molecule has 0 bridgehead atoms. The highest BCUT2D eigenvalue weighted by Crippen LogP contribution is 2.39. The van der Waals surface area contributed by atoms with Gasteiger partial charge in [-0.05, 0) is 18.9 Å². The van der Waals surface area contributed by atoms with Gasteiger partial charge in [0.25, 0.3) is 5.91 Å². The minimum atomic E-state index is -0.690. The molecule has 2 heterocycles. The van der Waals surface area contributed by atoms with Crippen LogP contribution in [0.25, 0.3) is 5.70 Å². The Morgan fingerprint density at radius 1 is 1.32 bits per heavy atom. The van der Waals surface area contributed by atoms with Gasteiger partial charge in [-0.3, -0.25) is 14.9 Å². The van der Waals surface area contributed by atoms with E-state index in [9.17, 15) is 9.59 Å². The van der Waals surface area contributed by atoms with Crippen molar-refractivity contribution >= 4 is 17.5 Å². The number of benzene rings is 1. The maximum Gasteiger partial charge on any atom is 0.252 e. The lowest BCUT2D eigenvalue weighted by Gasteiger charge is -2.41. The second kappa shape index (κ2) is 3.95. The van der Waals surface area contributed by atoms with Crippen molar-refractivity contribution in [3.63, 3.8) is 0 Å². The molecular formula is C15H16N2O2. The van der Waals surface area contributed by atoms with E-state index in [1.807, 2.05) is 30.0 Å². The molecule has 0 spiro atoms. The highest BCUT2D eigenvalue weighted by molar-refractivity contribution is 6.03. The zero-order valence-electron chi connectivity index (χ0n) is 10.9. The van der Waals surface area contributed by atoms with Crippen molar-refractivity contribution in [2.45, 2.75) is 31.8 Å². The number of piperidine rings is 1. The lowest BCUT2D eigenvalue weighted by atomic mass is 9.89. The summed E-state index contributed by atoms with van der Waals surface area (Å²) in [7, 11) is 0. The van der Waals surface area contributed by atoms with Crippen molar-refractivity contribution in [1.82, 2.24) is 10.2 Å². The Hall–Kier alpha value is -2.10. The smallest absolute Gasteiger partial charge is 0.252 e. The molecule has 2 amide bonds. The van der Waals surface area contributed by atoms with E-state index in [1.54, 1.807) is 0 Å². The summed E-state index contributed by atoms with van der Waals surface area (Å²) in [6, 6.07) is 8.03. The second-order valence-corrected chi connectivity index (χ2v) is 5.34. The van der Waals surface area contributed by atoms with Crippen LogP contribution in [-0.4, -0.2) is 22.3 Å². The number of fused-ring (bicyclic) bond motifs is 1. The van der Waals surface area contributed by atoms with Gasteiger partial charge in [0, 0.05) is 24.2 Å². The Morgan fingerprint density at radius 2 is 2.05 bits per heavy atom. The van der Waals surface area contributed by atoms with E-state index in [-0.39, 0.29) is 11.8 Å². The van der Waals surface area contributed by atoms with Gasteiger partial charge < -0.3 is 4.90 Å². The van der Waals surface area contributed by atoms with Gasteiger partial charge in [-0.15, -0.1) is 0 Å². The van der Waals surface area contributed by atoms with Crippen LogP contribution < -0.4 is 5.32 Å². The van der Waals surface area contributed by atoms with Crippen LogP contribution in [0.5, 0.6) is 0 Å². The summed E-state index contributed by atoms with van der Waals surface area (Å²) in [5.41, 5.74) is 2.44. The largest absolute Gasteiger partial charge is 0.353 e. The molecule has 1 N–H and O–H groups in total. The number of carbonyl (C=O) groups is 2. The first-order valence-corrected chi connectivity index (χ1v) is 6.41. The van der Waals surface area contributed by atoms with E-state index in [4.69, 9.17) is 0 Å². The van der Waals surface area contributed by atoms with Gasteiger partial charge in [-0.25, -0.2) is 0 Å². The molecule has 1 saturated heterocycles. The van der Waals surface area contributed by atoms with Crippen molar-refractivity contribution in [3.05, 3.63) is 42.0 Å². The maximum atomic E-state index is 12.2. The Bertz CT molecular complexity index is 594. The fourth-order valence-corrected chi connectivity index (χ4v) is 2.88. The van der Waals surface area contributed by atoms with Gasteiger partial charge >= 0.3 is 0 Å². The minimum absolute atomic E-state index is 0.190. The first-order valence-electron chi connectivity index (χ1n) is 6.41. The molecule has 1 aromatic rings. The number of nitrogens with zero attached hydrogens (tertiary/aromatic N) is 1. The lowest BCUT2D eigenvalue weighted by molar-refractivity contribution is -0.141. The molecule has 3 rings (SSSR count). The molecule has 0 saturated carbocycles. The first-order chi connectivity index (χ1) is 9.02. The zero-order chi connectivity index (χ0) is 13.6. The molecule has 1 fully saturated rings. The van der Waals surface area contributed by atoms with Crippen LogP contribution in [0.1, 0.15) is 30.9 Å². The van der Waals surface area contributed by atoms with Crippen molar-refractivity contribution in [2.24, 2.45) is 0 Å². The second-order valence-electron chi connectivity index (χ2n) is 5.34. The van der Waals surface area contributed by atoms with Crippen LogP contribution in [0.3, 0.4) is 0 Å². The van der Waals surface area contributed by atoms with E-state index >= 15 is 0 Å². The molecule has 1 unspecified atom stereocenters. The Balaban J connectivity index is 1.95. The topological polar surface area (TPSA) is 49.4 Å². The van der Waals surface area contributed by atoms with Crippen LogP contribution in [0.4, 0.5) is 0 Å². The molecule has 2 aliphatic rings. The van der Waals surface area contributed by atoms with Crippen molar-refractivity contribution in [2.75, 3.05) is 0 Å². The summed E-state index contributed by atoms with van der Waals surface area (Å²) in [5.74, 6) is -0.414. The highest BCUT2D eigenvalue weighted by atomic mass is 16.2. The van der Waals surface area contributed by atoms with Gasteiger partial charge in [0.1, 0.15) is 5.54 Å². The standard InChI is InChI=1S/C15H16N2O2/c1-10-12-6-4-3-5-11(12)9-17(10)15(2)8-7-13(18)16-14(15)19/h3-6H,1,7-9H2,2H3,(H,16,18,19). The van der Waals surface area contributed by atoms with E-state index in [1.165, 1.54) is 5.56 Å². The molecule has 19 heavy (non-hydrogen) atoms. The van der Waals surface area contributed by atoms with Gasteiger partial charge in [-0.2, -0.15) is 0 Å². The molecule has 0 radical (unpaired) electrons. The third-order valence-corrected chi connectivity index (χ3v) is 4.16. The molecular weight excluding hydrogens is 240 g/mol. The number of rotatable bonds is 1. The first kappa shape index (κ1) is 12.0. The summed E-state index contributed by atoms with van der Waals surface area (Å²) in [4.78, 5) is 25.5. The lowest BCUT2D eigenvalue weighted by Crippen LogP contribution is -2.59. The minimum Gasteiger partial charge on any atom is -0.353 e. The molecule has 4 heteroatoms. The number of hydrogen-bond donors (Lipinski definition) is 1. The molecule has 1 atom stereocenters. The summed E-state index contributed by atoms with van der Waals surface area (Å²) < 4.78 is 0. The average Bonchev–Trinajstić information content (AvgIpc) is 2.73. The fourth-order valence-electron chi connectivity index (χ4n) is 2.88. The SMILES string of the molecule is C=C1c2ccccc2CN1C1(C)CCC(=O)NC1=O. The fraction of sp³-hybridized carbons (Fsp3) is 0.333. The molecule has 1 aromatic carbocycles. The number of amides is 2. The third kappa shape index (κ3) is 1.67. The molecule has 4 nitrogen and oxygen atoms in total. The predicted molar refractivity (Wildman–Crippen MR) is 71.8 cm³/mol. The zero-order valence-corrected chi connectivity index (χ0v) is 10.9. The van der Waals surface area contributed by atoms with Crippen molar-refractivity contribution < 1.29 is 9.59 Å². The summed E-state index contributed by atoms with van der Waals surface area (Å²) in [5, 5.41) is 2.43. The molecule has 0 aliphatic carbocycles. The van der Waals surface area contributed by atoms with E-state index < -0.39 is 5.54 Å². The third-order valence-electron chi connectivity index (χ3n) is 4.16. The summed E-state index contributed by atoms with van der Waals surface area (Å²) >= 11 is 0. The van der Waals surface area contributed by atoms with E-state index in [0.717, 1.165) is 11.3 Å². The van der Waals surface area contributed by atoms with Crippen LogP contribution in [-0.2, 0) is 16.1 Å². The Morgan fingerprint density at radius 3 is 2.74 bits per heavy atom. The van der Waals surface area contributed by atoms with Gasteiger partial charge in [0.05, 0.1) is 0 Å². The van der Waals surface area contributed by atoms with Crippen LogP contribution >= 0.6 is 0 Å². The Kier molecular flexibility index (Phi) is 2.49. The number of hydrogen-bond acceptors (Lipinski definition) is 3. The number of imide groups is 1. The molecule has 0 aromatic heterocycles. The quantitative estimate of drug-likeness (QED) is 0.778. The normalized spacial score (nSPS) is 26.4. The molecule has 2 aliphatic heterocycles. The van der Waals surface area contributed by atoms with Crippen LogP contribution in [0.2, 0.25) is 0 Å². The average molecular weight is 256 g/mol. The molecule has 98 valence electrons. The summed E-state index contributed by atoms with van der Waals surface area (Å²) in [6.07, 6.45) is 0.910. The van der Waals surface area contributed by atoms with Crippen molar-refractivity contribution in [1.29, 1.82) is 0 Å².